The molecule has 7 heteroatoms. The predicted octanol–water partition coefficient (Wildman–Crippen LogP) is 3.02. The topological polar surface area (TPSA) is 54.2 Å². The standard InChI is InChI=1S/C12H14Cl2N4O/c1-18(2)4-3-15-12-16-11(17-19-12)8-5-9(13)7-10(14)6-8/h5-7H,3-4H2,1-2H3,(H,15,16,17). The van der Waals surface area contributed by atoms with E-state index in [2.05, 4.69) is 20.4 Å². The molecule has 0 radical (unpaired) electrons. The highest BCUT2D eigenvalue weighted by molar-refractivity contribution is 6.35. The molecule has 1 heterocycles. The van der Waals surface area contributed by atoms with Gasteiger partial charge in [0.05, 0.1) is 0 Å². The number of halogens is 2. The zero-order valence-electron chi connectivity index (χ0n) is 10.7. The van der Waals surface area contributed by atoms with E-state index >= 15 is 0 Å². The molecule has 2 rings (SSSR count). The maximum atomic E-state index is 5.93. The van der Waals surface area contributed by atoms with Crippen molar-refractivity contribution in [1.82, 2.24) is 15.0 Å². The Balaban J connectivity index is 2.07. The van der Waals surface area contributed by atoms with Gasteiger partial charge in [-0.15, -0.1) is 0 Å². The quantitative estimate of drug-likeness (QED) is 0.920. The number of benzene rings is 1. The molecule has 0 spiro atoms. The first-order valence-electron chi connectivity index (χ1n) is 5.73. The number of hydrogen-bond acceptors (Lipinski definition) is 5. The highest BCUT2D eigenvalue weighted by atomic mass is 35.5. The third kappa shape index (κ3) is 4.09. The Labute approximate surface area is 121 Å². The van der Waals surface area contributed by atoms with Gasteiger partial charge in [-0.2, -0.15) is 4.98 Å². The van der Waals surface area contributed by atoms with Gasteiger partial charge in [-0.05, 0) is 32.3 Å². The summed E-state index contributed by atoms with van der Waals surface area (Å²) in [6.07, 6.45) is 0. The molecule has 0 aliphatic heterocycles. The van der Waals surface area contributed by atoms with Crippen molar-refractivity contribution in [3.63, 3.8) is 0 Å². The minimum Gasteiger partial charge on any atom is -0.336 e. The molecule has 0 unspecified atom stereocenters. The number of rotatable bonds is 5. The molecule has 1 aromatic heterocycles. The second kappa shape index (κ2) is 6.23. The zero-order chi connectivity index (χ0) is 13.8. The summed E-state index contributed by atoms with van der Waals surface area (Å²) in [5.74, 6) is 0.455. The van der Waals surface area contributed by atoms with Crippen LogP contribution in [0.5, 0.6) is 0 Å². The van der Waals surface area contributed by atoms with Crippen molar-refractivity contribution in [3.05, 3.63) is 28.2 Å². The average molecular weight is 301 g/mol. The Kier molecular flexibility index (Phi) is 4.63. The van der Waals surface area contributed by atoms with Crippen molar-refractivity contribution in [1.29, 1.82) is 0 Å². The summed E-state index contributed by atoms with van der Waals surface area (Å²) < 4.78 is 5.10. The Hall–Kier alpha value is -1.30. The average Bonchev–Trinajstić information content (AvgIpc) is 2.76. The van der Waals surface area contributed by atoms with E-state index in [0.717, 1.165) is 18.7 Å². The van der Waals surface area contributed by atoms with Gasteiger partial charge in [0.25, 0.3) is 0 Å². The summed E-state index contributed by atoms with van der Waals surface area (Å²) in [6.45, 7) is 1.60. The van der Waals surface area contributed by atoms with E-state index in [4.69, 9.17) is 27.7 Å². The Morgan fingerprint density at radius 3 is 2.53 bits per heavy atom. The lowest BCUT2D eigenvalue weighted by Crippen LogP contribution is -2.20. The predicted molar refractivity (Wildman–Crippen MR) is 76.8 cm³/mol. The fraction of sp³-hybridized carbons (Fsp3) is 0.333. The molecule has 0 saturated heterocycles. The van der Waals surface area contributed by atoms with Crippen molar-refractivity contribution in [2.45, 2.75) is 0 Å². The molecule has 0 amide bonds. The van der Waals surface area contributed by atoms with Crippen LogP contribution in [0.3, 0.4) is 0 Å². The van der Waals surface area contributed by atoms with Crippen LogP contribution in [0.1, 0.15) is 0 Å². The van der Waals surface area contributed by atoms with Crippen molar-refractivity contribution >= 4 is 29.2 Å². The number of likely N-dealkylation sites (N-methyl/N-ethyl adjacent to an activating group) is 1. The van der Waals surface area contributed by atoms with Crippen LogP contribution in [-0.2, 0) is 0 Å². The highest BCUT2D eigenvalue weighted by Crippen LogP contribution is 2.25. The maximum absolute atomic E-state index is 5.93. The van der Waals surface area contributed by atoms with Crippen LogP contribution in [0.15, 0.2) is 22.7 Å². The van der Waals surface area contributed by atoms with Gasteiger partial charge in [0.1, 0.15) is 0 Å². The molecule has 1 N–H and O–H groups in total. The Morgan fingerprint density at radius 1 is 1.21 bits per heavy atom. The third-order valence-corrected chi connectivity index (χ3v) is 2.82. The fourth-order valence-corrected chi connectivity index (χ4v) is 2.01. The molecule has 0 saturated carbocycles. The number of anilines is 1. The first-order chi connectivity index (χ1) is 9.04. The summed E-state index contributed by atoms with van der Waals surface area (Å²) in [7, 11) is 3.99. The van der Waals surface area contributed by atoms with E-state index in [1.54, 1.807) is 18.2 Å². The molecule has 0 fully saturated rings. The van der Waals surface area contributed by atoms with E-state index in [9.17, 15) is 0 Å². The van der Waals surface area contributed by atoms with Crippen molar-refractivity contribution < 1.29 is 4.52 Å². The number of nitrogens with one attached hydrogen (secondary N) is 1. The van der Waals surface area contributed by atoms with Crippen LogP contribution in [0.4, 0.5) is 6.01 Å². The van der Waals surface area contributed by atoms with Gasteiger partial charge < -0.3 is 14.7 Å². The van der Waals surface area contributed by atoms with Crippen LogP contribution >= 0.6 is 23.2 Å². The van der Waals surface area contributed by atoms with Gasteiger partial charge in [-0.3, -0.25) is 0 Å². The molecule has 0 atom stereocenters. The summed E-state index contributed by atoms with van der Waals surface area (Å²) in [6, 6.07) is 5.51. The zero-order valence-corrected chi connectivity index (χ0v) is 12.2. The van der Waals surface area contributed by atoms with Crippen LogP contribution in [0, 0.1) is 0 Å². The molecule has 5 nitrogen and oxygen atoms in total. The minimum atomic E-state index is 0.382. The van der Waals surface area contributed by atoms with E-state index in [1.807, 2.05) is 14.1 Å². The number of hydrogen-bond donors (Lipinski definition) is 1. The second-order valence-electron chi connectivity index (χ2n) is 4.31. The summed E-state index contributed by atoms with van der Waals surface area (Å²) in [5, 5.41) is 8.01. The van der Waals surface area contributed by atoms with Crippen molar-refractivity contribution in [2.75, 3.05) is 32.5 Å². The number of nitrogens with zero attached hydrogens (tertiary/aromatic N) is 3. The highest BCUT2D eigenvalue weighted by Gasteiger charge is 2.09. The lowest BCUT2D eigenvalue weighted by atomic mass is 10.2. The molecule has 0 bridgehead atoms. The fourth-order valence-electron chi connectivity index (χ4n) is 1.48. The van der Waals surface area contributed by atoms with Gasteiger partial charge in [0.2, 0.25) is 5.82 Å². The monoisotopic (exact) mass is 300 g/mol. The molecule has 1 aromatic carbocycles. The third-order valence-electron chi connectivity index (χ3n) is 2.38. The van der Waals surface area contributed by atoms with Crippen LogP contribution < -0.4 is 5.32 Å². The molecule has 0 aliphatic rings. The van der Waals surface area contributed by atoms with Gasteiger partial charge in [0.15, 0.2) is 0 Å². The SMILES string of the molecule is CN(C)CCNc1nc(-c2cc(Cl)cc(Cl)c2)no1. The van der Waals surface area contributed by atoms with Crippen LogP contribution in [-0.4, -0.2) is 42.2 Å². The van der Waals surface area contributed by atoms with E-state index < -0.39 is 0 Å². The minimum absolute atomic E-state index is 0.382. The summed E-state index contributed by atoms with van der Waals surface area (Å²) in [4.78, 5) is 6.29. The van der Waals surface area contributed by atoms with Gasteiger partial charge in [-0.25, -0.2) is 0 Å². The normalized spacial score (nSPS) is 11.0. The smallest absolute Gasteiger partial charge is 0.321 e. The largest absolute Gasteiger partial charge is 0.336 e. The maximum Gasteiger partial charge on any atom is 0.321 e. The first-order valence-corrected chi connectivity index (χ1v) is 6.49. The lowest BCUT2D eigenvalue weighted by molar-refractivity contribution is 0.410. The Morgan fingerprint density at radius 2 is 1.89 bits per heavy atom. The summed E-state index contributed by atoms with van der Waals surface area (Å²) in [5.41, 5.74) is 0.724. The molecular weight excluding hydrogens is 287 g/mol. The lowest BCUT2D eigenvalue weighted by Gasteiger charge is -2.08. The first kappa shape index (κ1) is 14.1. The van der Waals surface area contributed by atoms with E-state index in [1.165, 1.54) is 0 Å². The van der Waals surface area contributed by atoms with Gasteiger partial charge in [0, 0.05) is 28.7 Å². The van der Waals surface area contributed by atoms with Crippen molar-refractivity contribution in [2.24, 2.45) is 0 Å². The number of aromatic nitrogens is 2. The molecule has 2 aromatic rings. The summed E-state index contributed by atoms with van der Waals surface area (Å²) >= 11 is 11.9. The Bertz CT molecular complexity index is 536. The van der Waals surface area contributed by atoms with Gasteiger partial charge in [-0.1, -0.05) is 28.4 Å². The second-order valence-corrected chi connectivity index (χ2v) is 5.18. The molecule has 102 valence electrons. The molecular formula is C12H14Cl2N4O. The van der Waals surface area contributed by atoms with E-state index in [0.29, 0.717) is 21.9 Å². The van der Waals surface area contributed by atoms with E-state index in [-0.39, 0.29) is 0 Å². The molecule has 19 heavy (non-hydrogen) atoms. The van der Waals surface area contributed by atoms with Gasteiger partial charge >= 0.3 is 6.01 Å². The van der Waals surface area contributed by atoms with Crippen LogP contribution in [0.25, 0.3) is 11.4 Å². The van der Waals surface area contributed by atoms with Crippen molar-refractivity contribution in [3.8, 4) is 11.4 Å². The van der Waals surface area contributed by atoms with Crippen LogP contribution in [0.2, 0.25) is 10.0 Å². The molecule has 0 aliphatic carbocycles.